The zero-order valence-electron chi connectivity index (χ0n) is 13.9. The second kappa shape index (κ2) is 7.42. The van der Waals surface area contributed by atoms with Gasteiger partial charge in [0.05, 0.1) is 10.9 Å². The summed E-state index contributed by atoms with van der Waals surface area (Å²) in [6, 6.07) is 6.45. The van der Waals surface area contributed by atoms with Crippen molar-refractivity contribution in [3.05, 3.63) is 29.8 Å². The van der Waals surface area contributed by atoms with E-state index < -0.39 is 10.0 Å². The minimum absolute atomic E-state index is 0.00117. The Morgan fingerprint density at radius 3 is 2.52 bits per heavy atom. The maximum atomic E-state index is 12.4. The number of nitrogens with zero attached hydrogens (tertiary/aromatic N) is 1. The zero-order valence-corrected chi connectivity index (χ0v) is 14.7. The van der Waals surface area contributed by atoms with E-state index in [1.165, 1.54) is 4.31 Å². The minimum atomic E-state index is -3.46. The number of hydrogen-bond acceptors (Lipinski definition) is 4. The molecule has 1 aliphatic rings. The summed E-state index contributed by atoms with van der Waals surface area (Å²) in [5.74, 6) is -0.00117. The SMILES string of the molecule is CC(C)N(C)S(=O)(=O)c1ccc(CNC(=O)C2CCCN2)cc1. The van der Waals surface area contributed by atoms with Gasteiger partial charge in [-0.05, 0) is 50.9 Å². The third-order valence-electron chi connectivity index (χ3n) is 4.17. The Balaban J connectivity index is 1.98. The van der Waals surface area contributed by atoms with Crippen LogP contribution in [0.2, 0.25) is 0 Å². The third-order valence-corrected chi connectivity index (χ3v) is 6.22. The normalized spacial score (nSPS) is 18.6. The summed E-state index contributed by atoms with van der Waals surface area (Å²) in [6.45, 7) is 4.95. The first kappa shape index (κ1) is 17.9. The second-order valence-electron chi connectivity index (χ2n) is 6.13. The molecule has 1 heterocycles. The Labute approximate surface area is 138 Å². The predicted octanol–water partition coefficient (Wildman–Crippen LogP) is 1.08. The second-order valence-corrected chi connectivity index (χ2v) is 8.12. The van der Waals surface area contributed by atoms with Gasteiger partial charge >= 0.3 is 0 Å². The minimum Gasteiger partial charge on any atom is -0.351 e. The van der Waals surface area contributed by atoms with E-state index in [-0.39, 0.29) is 22.9 Å². The summed E-state index contributed by atoms with van der Waals surface area (Å²) in [5.41, 5.74) is 0.877. The van der Waals surface area contributed by atoms with Crippen LogP contribution in [0.3, 0.4) is 0 Å². The van der Waals surface area contributed by atoms with Crippen molar-refractivity contribution in [3.63, 3.8) is 0 Å². The molecule has 0 saturated carbocycles. The molecule has 1 aliphatic heterocycles. The Hall–Kier alpha value is -1.44. The highest BCUT2D eigenvalue weighted by atomic mass is 32.2. The van der Waals surface area contributed by atoms with Crippen molar-refractivity contribution in [3.8, 4) is 0 Å². The van der Waals surface area contributed by atoms with E-state index in [9.17, 15) is 13.2 Å². The summed E-state index contributed by atoms with van der Waals surface area (Å²) in [4.78, 5) is 12.2. The molecule has 0 bridgehead atoms. The zero-order chi connectivity index (χ0) is 17.0. The molecule has 0 spiro atoms. The first-order valence-corrected chi connectivity index (χ1v) is 9.34. The van der Waals surface area contributed by atoms with E-state index in [1.54, 1.807) is 31.3 Å². The summed E-state index contributed by atoms with van der Waals surface area (Å²) >= 11 is 0. The lowest BCUT2D eigenvalue weighted by atomic mass is 10.2. The van der Waals surface area contributed by atoms with Crippen molar-refractivity contribution in [2.45, 2.75) is 50.2 Å². The monoisotopic (exact) mass is 339 g/mol. The molecule has 23 heavy (non-hydrogen) atoms. The molecule has 1 fully saturated rings. The average Bonchev–Trinajstić information content (AvgIpc) is 3.06. The van der Waals surface area contributed by atoms with Gasteiger partial charge in [-0.15, -0.1) is 0 Å². The Morgan fingerprint density at radius 2 is 2.00 bits per heavy atom. The van der Waals surface area contributed by atoms with E-state index in [2.05, 4.69) is 10.6 Å². The lowest BCUT2D eigenvalue weighted by molar-refractivity contribution is -0.122. The molecule has 0 radical (unpaired) electrons. The van der Waals surface area contributed by atoms with Crippen molar-refractivity contribution in [1.29, 1.82) is 0 Å². The Kier molecular flexibility index (Phi) is 5.78. The highest BCUT2D eigenvalue weighted by molar-refractivity contribution is 7.89. The first-order chi connectivity index (χ1) is 10.8. The van der Waals surface area contributed by atoms with Crippen LogP contribution in [0.4, 0.5) is 0 Å². The van der Waals surface area contributed by atoms with Crippen molar-refractivity contribution in [1.82, 2.24) is 14.9 Å². The molecule has 1 amide bonds. The standard InChI is InChI=1S/C16H25N3O3S/c1-12(2)19(3)23(21,22)14-8-6-13(7-9-14)11-18-16(20)15-5-4-10-17-15/h6-9,12,15,17H,4-5,10-11H2,1-3H3,(H,18,20). The van der Waals surface area contributed by atoms with Crippen LogP contribution in [-0.2, 0) is 21.4 Å². The van der Waals surface area contributed by atoms with Gasteiger partial charge in [0.1, 0.15) is 0 Å². The quantitative estimate of drug-likeness (QED) is 0.813. The van der Waals surface area contributed by atoms with E-state index in [4.69, 9.17) is 0 Å². The lowest BCUT2D eigenvalue weighted by Crippen LogP contribution is -2.40. The van der Waals surface area contributed by atoms with Crippen LogP contribution in [0, 0.1) is 0 Å². The third kappa shape index (κ3) is 4.31. The van der Waals surface area contributed by atoms with E-state index >= 15 is 0 Å². The number of carbonyl (C=O) groups is 1. The molecular weight excluding hydrogens is 314 g/mol. The molecule has 6 nitrogen and oxygen atoms in total. The first-order valence-electron chi connectivity index (χ1n) is 7.90. The number of hydrogen-bond donors (Lipinski definition) is 2. The highest BCUT2D eigenvalue weighted by Crippen LogP contribution is 2.17. The maximum Gasteiger partial charge on any atom is 0.243 e. The molecule has 7 heteroatoms. The van der Waals surface area contributed by atoms with E-state index in [1.807, 2.05) is 13.8 Å². The number of benzene rings is 1. The molecule has 1 unspecified atom stereocenters. The van der Waals surface area contributed by atoms with Gasteiger partial charge in [0.2, 0.25) is 15.9 Å². The molecule has 2 rings (SSSR count). The van der Waals surface area contributed by atoms with Crippen LogP contribution in [0.5, 0.6) is 0 Å². The fourth-order valence-electron chi connectivity index (χ4n) is 2.44. The van der Waals surface area contributed by atoms with E-state index in [0.717, 1.165) is 24.9 Å². The highest BCUT2D eigenvalue weighted by Gasteiger charge is 2.23. The number of amides is 1. The largest absolute Gasteiger partial charge is 0.351 e. The Morgan fingerprint density at radius 1 is 1.35 bits per heavy atom. The molecule has 1 atom stereocenters. The molecule has 128 valence electrons. The van der Waals surface area contributed by atoms with Gasteiger partial charge in [0, 0.05) is 19.6 Å². The van der Waals surface area contributed by atoms with Gasteiger partial charge in [-0.1, -0.05) is 12.1 Å². The number of nitrogens with one attached hydrogen (secondary N) is 2. The lowest BCUT2D eigenvalue weighted by Gasteiger charge is -2.21. The molecule has 1 aromatic rings. The molecule has 0 aromatic heterocycles. The average molecular weight is 339 g/mol. The topological polar surface area (TPSA) is 78.5 Å². The Bertz CT molecular complexity index is 635. The van der Waals surface area contributed by atoms with Crippen LogP contribution in [-0.4, -0.2) is 44.3 Å². The number of rotatable bonds is 6. The number of carbonyl (C=O) groups excluding carboxylic acids is 1. The van der Waals surface area contributed by atoms with Crippen LogP contribution < -0.4 is 10.6 Å². The van der Waals surface area contributed by atoms with Crippen LogP contribution in [0.25, 0.3) is 0 Å². The van der Waals surface area contributed by atoms with Crippen LogP contribution in [0.15, 0.2) is 29.2 Å². The van der Waals surface area contributed by atoms with Crippen molar-refractivity contribution < 1.29 is 13.2 Å². The van der Waals surface area contributed by atoms with Gasteiger partial charge in [-0.2, -0.15) is 4.31 Å². The van der Waals surface area contributed by atoms with Crippen molar-refractivity contribution in [2.75, 3.05) is 13.6 Å². The molecule has 2 N–H and O–H groups in total. The summed E-state index contributed by atoms with van der Waals surface area (Å²) in [7, 11) is -1.89. The molecule has 1 saturated heterocycles. The van der Waals surface area contributed by atoms with Gasteiger partial charge in [-0.25, -0.2) is 8.42 Å². The summed E-state index contributed by atoms with van der Waals surface area (Å²) < 4.78 is 26.1. The molecule has 1 aromatic carbocycles. The fourth-order valence-corrected chi connectivity index (χ4v) is 3.81. The molecule has 0 aliphatic carbocycles. The summed E-state index contributed by atoms with van der Waals surface area (Å²) in [5, 5.41) is 6.03. The molecular formula is C16H25N3O3S. The van der Waals surface area contributed by atoms with Gasteiger partial charge in [0.15, 0.2) is 0 Å². The van der Waals surface area contributed by atoms with Crippen molar-refractivity contribution in [2.24, 2.45) is 0 Å². The predicted molar refractivity (Wildman–Crippen MR) is 89.4 cm³/mol. The van der Waals surface area contributed by atoms with Crippen molar-refractivity contribution >= 4 is 15.9 Å². The van der Waals surface area contributed by atoms with Crippen LogP contribution in [0.1, 0.15) is 32.3 Å². The van der Waals surface area contributed by atoms with Gasteiger partial charge in [0.25, 0.3) is 0 Å². The number of sulfonamides is 1. The van der Waals surface area contributed by atoms with Gasteiger partial charge in [-0.3, -0.25) is 4.79 Å². The van der Waals surface area contributed by atoms with Gasteiger partial charge < -0.3 is 10.6 Å². The maximum absolute atomic E-state index is 12.4. The smallest absolute Gasteiger partial charge is 0.243 e. The summed E-state index contributed by atoms with van der Waals surface area (Å²) in [6.07, 6.45) is 1.89. The van der Waals surface area contributed by atoms with Crippen LogP contribution >= 0.6 is 0 Å². The van der Waals surface area contributed by atoms with E-state index in [0.29, 0.717) is 6.54 Å². The fraction of sp³-hybridized carbons (Fsp3) is 0.562.